The number of piperazine rings is 1. The van der Waals surface area contributed by atoms with Gasteiger partial charge in [0.15, 0.2) is 0 Å². The highest BCUT2D eigenvalue weighted by Gasteiger charge is 2.21. The molecule has 1 aliphatic rings. The zero-order valence-corrected chi connectivity index (χ0v) is 16.2. The number of carbonyl (C=O) groups excluding carboxylic acids is 2. The smallest absolute Gasteiger partial charge is 0.236 e. The molecule has 1 saturated heterocycles. The standard InChI is InChI=1S/C18H30N4O2S/c1-3-22(4-2)18(24)15-21-11-9-20(10-12-21)14-17(23)19-8-7-16-6-5-13-25-16/h5-6,13H,3-4,7-12,14-15H2,1-2H3,(H,19,23). The highest BCUT2D eigenvalue weighted by Crippen LogP contribution is 2.08. The van der Waals surface area contributed by atoms with E-state index in [0.29, 0.717) is 19.6 Å². The number of thiophene rings is 1. The van der Waals surface area contributed by atoms with Gasteiger partial charge in [0.1, 0.15) is 0 Å². The maximum absolute atomic E-state index is 12.2. The van der Waals surface area contributed by atoms with Crippen LogP contribution in [-0.2, 0) is 16.0 Å². The summed E-state index contributed by atoms with van der Waals surface area (Å²) in [6, 6.07) is 4.13. The van der Waals surface area contributed by atoms with Crippen LogP contribution in [0.5, 0.6) is 0 Å². The van der Waals surface area contributed by atoms with E-state index in [0.717, 1.165) is 45.7 Å². The molecule has 0 aliphatic carbocycles. The van der Waals surface area contributed by atoms with Crippen LogP contribution < -0.4 is 5.32 Å². The summed E-state index contributed by atoms with van der Waals surface area (Å²) in [6.07, 6.45) is 0.894. The molecule has 25 heavy (non-hydrogen) atoms. The van der Waals surface area contributed by atoms with Gasteiger partial charge in [-0.1, -0.05) is 6.07 Å². The molecule has 2 amide bonds. The molecule has 7 heteroatoms. The lowest BCUT2D eigenvalue weighted by Crippen LogP contribution is -2.52. The molecule has 0 saturated carbocycles. The Labute approximate surface area is 154 Å². The molecule has 140 valence electrons. The third kappa shape index (κ3) is 6.76. The number of amides is 2. The Morgan fingerprint density at radius 2 is 1.76 bits per heavy atom. The summed E-state index contributed by atoms with van der Waals surface area (Å²) in [4.78, 5) is 31.7. The van der Waals surface area contributed by atoms with Crippen LogP contribution in [0.25, 0.3) is 0 Å². The second kappa shape index (κ2) is 10.5. The Hall–Kier alpha value is -1.44. The maximum Gasteiger partial charge on any atom is 0.236 e. The van der Waals surface area contributed by atoms with Crippen molar-refractivity contribution < 1.29 is 9.59 Å². The van der Waals surface area contributed by atoms with Gasteiger partial charge in [0.05, 0.1) is 13.1 Å². The average Bonchev–Trinajstić information content (AvgIpc) is 3.11. The van der Waals surface area contributed by atoms with Crippen molar-refractivity contribution in [2.45, 2.75) is 20.3 Å². The Kier molecular flexibility index (Phi) is 8.37. The number of hydrogen-bond acceptors (Lipinski definition) is 5. The Bertz CT molecular complexity index is 523. The molecule has 0 atom stereocenters. The van der Waals surface area contributed by atoms with Crippen molar-refractivity contribution in [3.05, 3.63) is 22.4 Å². The van der Waals surface area contributed by atoms with Crippen LogP contribution in [0.2, 0.25) is 0 Å². The van der Waals surface area contributed by atoms with Crippen molar-refractivity contribution in [3.8, 4) is 0 Å². The van der Waals surface area contributed by atoms with Crippen molar-refractivity contribution in [1.82, 2.24) is 20.0 Å². The summed E-state index contributed by atoms with van der Waals surface area (Å²) >= 11 is 1.72. The van der Waals surface area contributed by atoms with Gasteiger partial charge in [0.2, 0.25) is 11.8 Å². The number of carbonyl (C=O) groups is 2. The first kappa shape index (κ1) is 19.9. The van der Waals surface area contributed by atoms with Crippen molar-refractivity contribution in [2.24, 2.45) is 0 Å². The van der Waals surface area contributed by atoms with E-state index in [1.807, 2.05) is 24.8 Å². The second-order valence-electron chi connectivity index (χ2n) is 6.30. The highest BCUT2D eigenvalue weighted by atomic mass is 32.1. The first-order valence-corrected chi connectivity index (χ1v) is 10.0. The highest BCUT2D eigenvalue weighted by molar-refractivity contribution is 7.09. The van der Waals surface area contributed by atoms with Crippen LogP contribution in [0.1, 0.15) is 18.7 Å². The fourth-order valence-electron chi connectivity index (χ4n) is 3.01. The number of likely N-dealkylation sites (N-methyl/N-ethyl adjacent to an activating group) is 1. The topological polar surface area (TPSA) is 55.9 Å². The molecule has 6 nitrogen and oxygen atoms in total. The van der Waals surface area contributed by atoms with E-state index in [-0.39, 0.29) is 11.8 Å². The van der Waals surface area contributed by atoms with E-state index in [9.17, 15) is 9.59 Å². The van der Waals surface area contributed by atoms with Crippen molar-refractivity contribution in [1.29, 1.82) is 0 Å². The van der Waals surface area contributed by atoms with E-state index < -0.39 is 0 Å². The van der Waals surface area contributed by atoms with Gasteiger partial charge in [-0.05, 0) is 31.7 Å². The summed E-state index contributed by atoms with van der Waals surface area (Å²) in [5, 5.41) is 5.05. The zero-order chi connectivity index (χ0) is 18.1. The summed E-state index contributed by atoms with van der Waals surface area (Å²) < 4.78 is 0. The first-order valence-electron chi connectivity index (χ1n) is 9.14. The molecule has 2 heterocycles. The fourth-order valence-corrected chi connectivity index (χ4v) is 3.72. The van der Waals surface area contributed by atoms with Crippen molar-refractivity contribution in [2.75, 3.05) is 58.9 Å². The van der Waals surface area contributed by atoms with Gasteiger partial charge in [0, 0.05) is 50.7 Å². The van der Waals surface area contributed by atoms with Crippen LogP contribution >= 0.6 is 11.3 Å². The predicted molar refractivity (Wildman–Crippen MR) is 102 cm³/mol. The lowest BCUT2D eigenvalue weighted by Gasteiger charge is -2.34. The minimum atomic E-state index is 0.0872. The van der Waals surface area contributed by atoms with Gasteiger partial charge in [-0.15, -0.1) is 11.3 Å². The molecule has 1 aromatic heterocycles. The SMILES string of the molecule is CCN(CC)C(=O)CN1CCN(CC(=O)NCCc2cccs2)CC1. The minimum absolute atomic E-state index is 0.0872. The molecule has 2 rings (SSSR count). The van der Waals surface area contributed by atoms with Crippen molar-refractivity contribution in [3.63, 3.8) is 0 Å². The molecule has 1 fully saturated rings. The predicted octanol–water partition coefficient (Wildman–Crippen LogP) is 0.893. The summed E-state index contributed by atoms with van der Waals surface area (Å²) in [5.74, 6) is 0.286. The number of hydrogen-bond donors (Lipinski definition) is 1. The third-order valence-corrected chi connectivity index (χ3v) is 5.52. The molecule has 1 N–H and O–H groups in total. The van der Waals surface area contributed by atoms with E-state index in [4.69, 9.17) is 0 Å². The van der Waals surface area contributed by atoms with E-state index >= 15 is 0 Å². The maximum atomic E-state index is 12.2. The van der Waals surface area contributed by atoms with Gasteiger partial charge in [0.25, 0.3) is 0 Å². The molecular weight excluding hydrogens is 336 g/mol. The van der Waals surface area contributed by atoms with E-state index in [2.05, 4.69) is 26.6 Å². The Morgan fingerprint density at radius 1 is 1.12 bits per heavy atom. The quantitative estimate of drug-likeness (QED) is 0.705. The second-order valence-corrected chi connectivity index (χ2v) is 7.33. The van der Waals surface area contributed by atoms with Gasteiger partial charge in [-0.3, -0.25) is 19.4 Å². The monoisotopic (exact) mass is 366 g/mol. The van der Waals surface area contributed by atoms with E-state index in [1.165, 1.54) is 4.88 Å². The molecule has 0 aromatic carbocycles. The van der Waals surface area contributed by atoms with Gasteiger partial charge < -0.3 is 10.2 Å². The lowest BCUT2D eigenvalue weighted by atomic mass is 10.3. The fraction of sp³-hybridized carbons (Fsp3) is 0.667. The molecular formula is C18H30N4O2S. The first-order chi connectivity index (χ1) is 12.1. The van der Waals surface area contributed by atoms with Crippen LogP contribution in [0, 0.1) is 0 Å². The zero-order valence-electron chi connectivity index (χ0n) is 15.4. The van der Waals surface area contributed by atoms with Gasteiger partial charge in [-0.25, -0.2) is 0 Å². The number of nitrogens with one attached hydrogen (secondary N) is 1. The van der Waals surface area contributed by atoms with Crippen LogP contribution in [-0.4, -0.2) is 85.4 Å². The van der Waals surface area contributed by atoms with Crippen LogP contribution in [0.15, 0.2) is 17.5 Å². The van der Waals surface area contributed by atoms with Crippen LogP contribution in [0.4, 0.5) is 0 Å². The normalized spacial score (nSPS) is 15.9. The largest absolute Gasteiger partial charge is 0.355 e. The average molecular weight is 367 g/mol. The summed E-state index contributed by atoms with van der Waals surface area (Å²) in [5.41, 5.74) is 0. The number of nitrogens with zero attached hydrogens (tertiary/aromatic N) is 3. The molecule has 0 unspecified atom stereocenters. The molecule has 0 bridgehead atoms. The van der Waals surface area contributed by atoms with Crippen molar-refractivity contribution >= 4 is 23.2 Å². The Morgan fingerprint density at radius 3 is 2.32 bits per heavy atom. The molecule has 1 aromatic rings. The van der Waals surface area contributed by atoms with Crippen LogP contribution in [0.3, 0.4) is 0 Å². The molecule has 1 aliphatic heterocycles. The molecule has 0 spiro atoms. The minimum Gasteiger partial charge on any atom is -0.355 e. The summed E-state index contributed by atoms with van der Waals surface area (Å²) in [6.45, 7) is 10.5. The Balaban J connectivity index is 1.61. The van der Waals surface area contributed by atoms with E-state index in [1.54, 1.807) is 11.3 Å². The van der Waals surface area contributed by atoms with Gasteiger partial charge in [-0.2, -0.15) is 0 Å². The van der Waals surface area contributed by atoms with Gasteiger partial charge >= 0.3 is 0 Å². The summed E-state index contributed by atoms with van der Waals surface area (Å²) in [7, 11) is 0. The lowest BCUT2D eigenvalue weighted by molar-refractivity contribution is -0.133. The molecule has 0 radical (unpaired) electrons. The number of rotatable bonds is 9. The third-order valence-electron chi connectivity index (χ3n) is 4.58.